The smallest absolute Gasteiger partial charge is 0.0670 e. The Morgan fingerprint density at radius 1 is 0.944 bits per heavy atom. The van der Waals surface area contributed by atoms with Gasteiger partial charge in [-0.3, -0.25) is 0 Å². The number of nitrogens with zero attached hydrogens (tertiary/aromatic N) is 1. The standard InChI is InChI=1S/C17H13N/c1-14-6-8-15(9-7-14)10-11-16-4-2-3-5-17(16)12-13-18/h2-9H,12H2,1H3. The number of benzene rings is 2. The summed E-state index contributed by atoms with van der Waals surface area (Å²) < 4.78 is 0. The van der Waals surface area contributed by atoms with Gasteiger partial charge in [-0.15, -0.1) is 0 Å². The minimum absolute atomic E-state index is 0.402. The van der Waals surface area contributed by atoms with Gasteiger partial charge in [-0.05, 0) is 30.7 Å². The van der Waals surface area contributed by atoms with Crippen LogP contribution < -0.4 is 0 Å². The molecule has 0 N–H and O–H groups in total. The highest BCUT2D eigenvalue weighted by atomic mass is 14.2. The monoisotopic (exact) mass is 231 g/mol. The van der Waals surface area contributed by atoms with E-state index >= 15 is 0 Å². The van der Waals surface area contributed by atoms with Gasteiger partial charge in [0.25, 0.3) is 0 Å². The highest BCUT2D eigenvalue weighted by Crippen LogP contribution is 2.08. The first-order chi connectivity index (χ1) is 8.79. The number of hydrogen-bond acceptors (Lipinski definition) is 1. The van der Waals surface area contributed by atoms with Gasteiger partial charge in [0.05, 0.1) is 12.5 Å². The highest BCUT2D eigenvalue weighted by Gasteiger charge is 1.97. The summed E-state index contributed by atoms with van der Waals surface area (Å²) >= 11 is 0. The first-order valence-corrected chi connectivity index (χ1v) is 5.83. The van der Waals surface area contributed by atoms with Crippen molar-refractivity contribution in [2.24, 2.45) is 0 Å². The normalized spacial score (nSPS) is 9.11. The van der Waals surface area contributed by atoms with E-state index < -0.39 is 0 Å². The van der Waals surface area contributed by atoms with E-state index in [2.05, 4.69) is 24.8 Å². The van der Waals surface area contributed by atoms with E-state index in [4.69, 9.17) is 5.26 Å². The van der Waals surface area contributed by atoms with Crippen LogP contribution in [0.1, 0.15) is 22.3 Å². The van der Waals surface area contributed by atoms with Crippen LogP contribution in [0, 0.1) is 30.1 Å². The fraction of sp³-hybridized carbons (Fsp3) is 0.118. The van der Waals surface area contributed by atoms with E-state index in [0.29, 0.717) is 6.42 Å². The molecule has 0 saturated heterocycles. The molecule has 0 saturated carbocycles. The molecule has 0 aliphatic carbocycles. The quantitative estimate of drug-likeness (QED) is 0.689. The summed E-state index contributed by atoms with van der Waals surface area (Å²) in [4.78, 5) is 0. The van der Waals surface area contributed by atoms with Crippen molar-refractivity contribution in [2.45, 2.75) is 13.3 Å². The van der Waals surface area contributed by atoms with Crippen LogP contribution in [-0.2, 0) is 6.42 Å². The second-order valence-corrected chi connectivity index (χ2v) is 4.11. The second kappa shape index (κ2) is 5.71. The molecule has 0 amide bonds. The van der Waals surface area contributed by atoms with Gasteiger partial charge >= 0.3 is 0 Å². The van der Waals surface area contributed by atoms with Gasteiger partial charge in [-0.2, -0.15) is 5.26 Å². The number of hydrogen-bond donors (Lipinski definition) is 0. The number of rotatable bonds is 1. The molecule has 1 heteroatoms. The van der Waals surface area contributed by atoms with Crippen LogP contribution >= 0.6 is 0 Å². The van der Waals surface area contributed by atoms with Crippen molar-refractivity contribution in [1.82, 2.24) is 0 Å². The molecule has 2 aromatic carbocycles. The molecule has 0 atom stereocenters. The number of aryl methyl sites for hydroxylation is 1. The van der Waals surface area contributed by atoms with Gasteiger partial charge in [0, 0.05) is 11.1 Å². The first kappa shape index (κ1) is 12.0. The van der Waals surface area contributed by atoms with E-state index in [1.807, 2.05) is 48.5 Å². The van der Waals surface area contributed by atoms with Crippen molar-refractivity contribution in [2.75, 3.05) is 0 Å². The first-order valence-electron chi connectivity index (χ1n) is 5.83. The van der Waals surface area contributed by atoms with Crippen LogP contribution in [0.3, 0.4) is 0 Å². The molecule has 18 heavy (non-hydrogen) atoms. The molecule has 2 aromatic rings. The zero-order valence-electron chi connectivity index (χ0n) is 10.3. The third kappa shape index (κ3) is 3.00. The fourth-order valence-corrected chi connectivity index (χ4v) is 1.66. The summed E-state index contributed by atoms with van der Waals surface area (Å²) in [5.74, 6) is 6.26. The van der Waals surface area contributed by atoms with Crippen molar-refractivity contribution in [3.8, 4) is 17.9 Å². The van der Waals surface area contributed by atoms with Gasteiger partial charge in [0.15, 0.2) is 0 Å². The molecule has 0 fully saturated rings. The average molecular weight is 231 g/mol. The topological polar surface area (TPSA) is 23.8 Å². The predicted molar refractivity (Wildman–Crippen MR) is 72.9 cm³/mol. The third-order valence-corrected chi connectivity index (χ3v) is 2.68. The highest BCUT2D eigenvalue weighted by molar-refractivity contribution is 5.47. The molecular weight excluding hydrogens is 218 g/mol. The van der Waals surface area contributed by atoms with E-state index in [1.54, 1.807) is 0 Å². The summed E-state index contributed by atoms with van der Waals surface area (Å²) in [6.07, 6.45) is 0.402. The van der Waals surface area contributed by atoms with Crippen LogP contribution in [0.5, 0.6) is 0 Å². The maximum Gasteiger partial charge on any atom is 0.0670 e. The summed E-state index contributed by atoms with van der Waals surface area (Å²) in [5, 5.41) is 8.76. The fourth-order valence-electron chi connectivity index (χ4n) is 1.66. The lowest BCUT2D eigenvalue weighted by molar-refractivity contribution is 1.25. The Balaban J connectivity index is 2.30. The van der Waals surface area contributed by atoms with E-state index in [9.17, 15) is 0 Å². The van der Waals surface area contributed by atoms with Crippen LogP contribution in [0.4, 0.5) is 0 Å². The number of nitriles is 1. The van der Waals surface area contributed by atoms with Crippen molar-refractivity contribution < 1.29 is 0 Å². The zero-order chi connectivity index (χ0) is 12.8. The van der Waals surface area contributed by atoms with Gasteiger partial charge < -0.3 is 0 Å². The molecule has 0 spiro atoms. The molecule has 2 rings (SSSR count). The Hall–Kier alpha value is -2.51. The van der Waals surface area contributed by atoms with Gasteiger partial charge in [0.2, 0.25) is 0 Å². The maximum absolute atomic E-state index is 8.76. The molecular formula is C17H13N. The molecule has 0 radical (unpaired) electrons. The predicted octanol–water partition coefficient (Wildman–Crippen LogP) is 3.46. The average Bonchev–Trinajstić information content (AvgIpc) is 2.40. The lowest BCUT2D eigenvalue weighted by Crippen LogP contribution is -1.87. The Kier molecular flexibility index (Phi) is 3.79. The Morgan fingerprint density at radius 2 is 1.67 bits per heavy atom. The largest absolute Gasteiger partial charge is 0.198 e. The van der Waals surface area contributed by atoms with Crippen LogP contribution in [0.25, 0.3) is 0 Å². The molecule has 0 unspecified atom stereocenters. The zero-order valence-corrected chi connectivity index (χ0v) is 10.3. The SMILES string of the molecule is Cc1ccc(C#Cc2ccccc2CC#N)cc1. The Morgan fingerprint density at radius 3 is 2.39 bits per heavy atom. The van der Waals surface area contributed by atoms with Crippen molar-refractivity contribution in [1.29, 1.82) is 5.26 Å². The Bertz CT molecular complexity index is 634. The Labute approximate surface area is 108 Å². The van der Waals surface area contributed by atoms with Crippen molar-refractivity contribution in [3.05, 3.63) is 70.8 Å². The van der Waals surface area contributed by atoms with Gasteiger partial charge in [0.1, 0.15) is 0 Å². The van der Waals surface area contributed by atoms with Crippen LogP contribution in [-0.4, -0.2) is 0 Å². The lowest BCUT2D eigenvalue weighted by atomic mass is 10.0. The maximum atomic E-state index is 8.76. The lowest BCUT2D eigenvalue weighted by Gasteiger charge is -1.98. The summed E-state index contributed by atoms with van der Waals surface area (Å²) in [7, 11) is 0. The summed E-state index contributed by atoms with van der Waals surface area (Å²) in [5.41, 5.74) is 4.14. The minimum atomic E-state index is 0.402. The van der Waals surface area contributed by atoms with Crippen LogP contribution in [0.2, 0.25) is 0 Å². The van der Waals surface area contributed by atoms with E-state index in [0.717, 1.165) is 16.7 Å². The molecule has 0 heterocycles. The third-order valence-electron chi connectivity index (χ3n) is 2.68. The minimum Gasteiger partial charge on any atom is -0.198 e. The van der Waals surface area contributed by atoms with Crippen molar-refractivity contribution in [3.63, 3.8) is 0 Å². The molecule has 0 bridgehead atoms. The van der Waals surface area contributed by atoms with Gasteiger partial charge in [-0.1, -0.05) is 47.7 Å². The molecule has 0 aliphatic rings. The summed E-state index contributed by atoms with van der Waals surface area (Å²) in [6, 6.07) is 18.1. The van der Waals surface area contributed by atoms with E-state index in [-0.39, 0.29) is 0 Å². The van der Waals surface area contributed by atoms with Crippen LogP contribution in [0.15, 0.2) is 48.5 Å². The molecule has 0 aliphatic heterocycles. The second-order valence-electron chi connectivity index (χ2n) is 4.11. The van der Waals surface area contributed by atoms with Crippen molar-refractivity contribution >= 4 is 0 Å². The molecule has 1 nitrogen and oxygen atoms in total. The van der Waals surface area contributed by atoms with E-state index in [1.165, 1.54) is 5.56 Å². The summed E-state index contributed by atoms with van der Waals surface area (Å²) in [6.45, 7) is 2.05. The van der Waals surface area contributed by atoms with Gasteiger partial charge in [-0.25, -0.2) is 0 Å². The molecule has 0 aromatic heterocycles. The molecule has 86 valence electrons.